The fourth-order valence-corrected chi connectivity index (χ4v) is 9.92. The van der Waals surface area contributed by atoms with Gasteiger partial charge in [-0.05, 0) is 88.9 Å². The van der Waals surface area contributed by atoms with Gasteiger partial charge in [0.25, 0.3) is 0 Å². The SMILES string of the molecule is CC.Cn1c(-c2c3ccccc3c(-c3cc4c5ccccc5c5ccccc5c4n3C)c3cc4ccccc4cc23)cc2c3ccccc3c3ccccc3c21. The molecule has 0 saturated carbocycles. The minimum Gasteiger partial charge on any atom is -0.343 e. The Morgan fingerprint density at radius 1 is 0.268 bits per heavy atom. The first kappa shape index (κ1) is 32.5. The maximum atomic E-state index is 2.45. The van der Waals surface area contributed by atoms with E-state index >= 15 is 0 Å². The Morgan fingerprint density at radius 3 is 0.893 bits per heavy atom. The highest BCUT2D eigenvalue weighted by Gasteiger charge is 2.24. The van der Waals surface area contributed by atoms with Crippen LogP contribution in [0.1, 0.15) is 13.8 Å². The molecule has 12 aromatic rings. The highest BCUT2D eigenvalue weighted by atomic mass is 15.0. The second kappa shape index (κ2) is 12.3. The van der Waals surface area contributed by atoms with Crippen molar-refractivity contribution in [2.75, 3.05) is 0 Å². The molecule has 0 aliphatic rings. The van der Waals surface area contributed by atoms with Crippen molar-refractivity contribution in [2.24, 2.45) is 14.1 Å². The largest absolute Gasteiger partial charge is 0.343 e. The van der Waals surface area contributed by atoms with Crippen LogP contribution in [0.25, 0.3) is 120 Å². The lowest BCUT2D eigenvalue weighted by atomic mass is 9.87. The Balaban J connectivity index is 0.00000179. The zero-order valence-corrected chi connectivity index (χ0v) is 32.1. The summed E-state index contributed by atoms with van der Waals surface area (Å²) >= 11 is 0. The number of fused-ring (bicyclic) bond motifs is 15. The van der Waals surface area contributed by atoms with Gasteiger partial charge in [0, 0.05) is 46.8 Å². The number of aryl methyl sites for hydroxylation is 2. The third-order valence-corrected chi connectivity index (χ3v) is 12.2. The highest BCUT2D eigenvalue weighted by Crippen LogP contribution is 2.49. The molecule has 2 nitrogen and oxygen atoms in total. The van der Waals surface area contributed by atoms with Crippen LogP contribution in [0.4, 0.5) is 0 Å². The molecule has 56 heavy (non-hydrogen) atoms. The summed E-state index contributed by atoms with van der Waals surface area (Å²) in [6, 6.07) is 63.3. The van der Waals surface area contributed by atoms with Crippen molar-refractivity contribution < 1.29 is 0 Å². The molecule has 0 aliphatic carbocycles. The van der Waals surface area contributed by atoms with Crippen LogP contribution in [0.15, 0.2) is 170 Å². The molecule has 266 valence electrons. The van der Waals surface area contributed by atoms with Crippen molar-refractivity contribution in [2.45, 2.75) is 13.8 Å². The Morgan fingerprint density at radius 2 is 0.536 bits per heavy atom. The van der Waals surface area contributed by atoms with Gasteiger partial charge in [-0.15, -0.1) is 0 Å². The van der Waals surface area contributed by atoms with E-state index in [4.69, 9.17) is 0 Å². The number of benzene rings is 10. The molecule has 0 fully saturated rings. The molecule has 0 N–H and O–H groups in total. The van der Waals surface area contributed by atoms with E-state index in [1.165, 1.54) is 120 Å². The molecule has 0 atom stereocenters. The van der Waals surface area contributed by atoms with Crippen LogP contribution in [-0.2, 0) is 14.1 Å². The molecule has 0 bridgehead atoms. The van der Waals surface area contributed by atoms with E-state index in [2.05, 4.69) is 193 Å². The quantitative estimate of drug-likeness (QED) is 0.125. The van der Waals surface area contributed by atoms with Crippen molar-refractivity contribution in [3.63, 3.8) is 0 Å². The van der Waals surface area contributed by atoms with Gasteiger partial charge >= 0.3 is 0 Å². The van der Waals surface area contributed by atoms with Gasteiger partial charge in [0.2, 0.25) is 0 Å². The van der Waals surface area contributed by atoms with Gasteiger partial charge in [0.1, 0.15) is 0 Å². The number of nitrogens with zero attached hydrogens (tertiary/aromatic N) is 2. The van der Waals surface area contributed by atoms with Gasteiger partial charge in [-0.1, -0.05) is 159 Å². The van der Waals surface area contributed by atoms with E-state index in [0.29, 0.717) is 0 Å². The zero-order valence-electron chi connectivity index (χ0n) is 32.1. The van der Waals surface area contributed by atoms with Crippen LogP contribution in [-0.4, -0.2) is 9.13 Å². The Hall–Kier alpha value is -6.90. The number of hydrogen-bond donors (Lipinski definition) is 0. The van der Waals surface area contributed by atoms with Crippen LogP contribution >= 0.6 is 0 Å². The van der Waals surface area contributed by atoms with Crippen molar-refractivity contribution in [1.29, 1.82) is 0 Å². The fourth-order valence-electron chi connectivity index (χ4n) is 9.92. The van der Waals surface area contributed by atoms with Crippen molar-refractivity contribution in [1.82, 2.24) is 9.13 Å². The number of aromatic nitrogens is 2. The van der Waals surface area contributed by atoms with E-state index in [9.17, 15) is 0 Å². The molecule has 12 rings (SSSR count). The lowest BCUT2D eigenvalue weighted by molar-refractivity contribution is 0.983. The monoisotopic (exact) mass is 716 g/mol. The third kappa shape index (κ3) is 4.38. The minimum absolute atomic E-state index is 1.23. The van der Waals surface area contributed by atoms with E-state index in [1.54, 1.807) is 0 Å². The van der Waals surface area contributed by atoms with Gasteiger partial charge in [-0.25, -0.2) is 0 Å². The Bertz CT molecular complexity index is 3340. The average molecular weight is 717 g/mol. The molecule has 0 aliphatic heterocycles. The van der Waals surface area contributed by atoms with Gasteiger partial charge < -0.3 is 9.13 Å². The molecule has 0 unspecified atom stereocenters. The summed E-state index contributed by atoms with van der Waals surface area (Å²) in [5.41, 5.74) is 7.54. The summed E-state index contributed by atoms with van der Waals surface area (Å²) in [5, 5.41) is 20.4. The molecular formula is C54H40N2. The summed E-state index contributed by atoms with van der Waals surface area (Å²) in [4.78, 5) is 0. The highest BCUT2D eigenvalue weighted by molar-refractivity contribution is 6.30. The van der Waals surface area contributed by atoms with Crippen molar-refractivity contribution in [3.8, 4) is 22.5 Å². The lowest BCUT2D eigenvalue weighted by Crippen LogP contribution is -1.98. The van der Waals surface area contributed by atoms with Crippen molar-refractivity contribution >= 4 is 97.2 Å². The second-order valence-corrected chi connectivity index (χ2v) is 14.9. The van der Waals surface area contributed by atoms with E-state index in [0.717, 1.165) is 0 Å². The Kier molecular flexibility index (Phi) is 7.15. The van der Waals surface area contributed by atoms with Crippen LogP contribution in [0.5, 0.6) is 0 Å². The second-order valence-electron chi connectivity index (χ2n) is 14.9. The summed E-state index contributed by atoms with van der Waals surface area (Å²) < 4.78 is 4.91. The molecule has 0 radical (unpaired) electrons. The topological polar surface area (TPSA) is 9.86 Å². The Labute approximate surface area is 325 Å². The standard InChI is InChI=1S/C52H34N2.C2H6/c1-53-47(29-45-37-21-7-5-17-33(37)35-19-9-13-25-41(35)51(45)53)49-39-23-11-12-24-40(39)50(44-28-32-16-4-3-15-31(32)27-43(44)49)48-30-46-38-22-8-6-18-34(38)36-20-10-14-26-42(36)52(46)54(48)2;1-2/h3-30H,1-2H3;1-2H3. The summed E-state index contributed by atoms with van der Waals surface area (Å²) in [6.45, 7) is 4.00. The molecule has 0 saturated heterocycles. The van der Waals surface area contributed by atoms with Crippen molar-refractivity contribution in [3.05, 3.63) is 170 Å². The summed E-state index contributed by atoms with van der Waals surface area (Å²) in [5.74, 6) is 0. The summed E-state index contributed by atoms with van der Waals surface area (Å²) in [6.07, 6.45) is 0. The molecular weight excluding hydrogens is 677 g/mol. The molecule has 2 heteroatoms. The van der Waals surface area contributed by atoms with Crippen LogP contribution in [0.2, 0.25) is 0 Å². The molecule has 2 heterocycles. The predicted octanol–water partition coefficient (Wildman–Crippen LogP) is 15.1. The average Bonchev–Trinajstić information content (AvgIpc) is 3.79. The minimum atomic E-state index is 1.23. The maximum absolute atomic E-state index is 2.45. The van der Waals surface area contributed by atoms with Gasteiger partial charge in [0.05, 0.1) is 22.4 Å². The van der Waals surface area contributed by atoms with Crippen LogP contribution < -0.4 is 0 Å². The predicted molar refractivity (Wildman–Crippen MR) is 244 cm³/mol. The summed E-state index contributed by atoms with van der Waals surface area (Å²) in [7, 11) is 4.52. The first-order valence-electron chi connectivity index (χ1n) is 19.8. The molecule has 2 aromatic heterocycles. The van der Waals surface area contributed by atoms with Crippen LogP contribution in [0, 0.1) is 0 Å². The van der Waals surface area contributed by atoms with Gasteiger partial charge in [-0.3, -0.25) is 0 Å². The van der Waals surface area contributed by atoms with Crippen LogP contribution in [0.3, 0.4) is 0 Å². The van der Waals surface area contributed by atoms with E-state index in [1.807, 2.05) is 13.8 Å². The first-order valence-corrected chi connectivity index (χ1v) is 19.8. The normalized spacial score (nSPS) is 11.9. The molecule has 0 amide bonds. The lowest BCUT2D eigenvalue weighted by Gasteiger charge is -2.19. The number of hydrogen-bond acceptors (Lipinski definition) is 0. The van der Waals surface area contributed by atoms with E-state index in [-0.39, 0.29) is 0 Å². The van der Waals surface area contributed by atoms with E-state index < -0.39 is 0 Å². The smallest absolute Gasteiger partial charge is 0.0568 e. The third-order valence-electron chi connectivity index (χ3n) is 12.2. The van der Waals surface area contributed by atoms with Gasteiger partial charge in [-0.2, -0.15) is 0 Å². The maximum Gasteiger partial charge on any atom is 0.0568 e. The zero-order chi connectivity index (χ0) is 37.7. The molecule has 10 aromatic carbocycles. The molecule has 0 spiro atoms. The fraction of sp³-hybridized carbons (Fsp3) is 0.0741. The van der Waals surface area contributed by atoms with Gasteiger partial charge in [0.15, 0.2) is 0 Å². The first-order chi connectivity index (χ1) is 27.7. The number of rotatable bonds is 2.